The summed E-state index contributed by atoms with van der Waals surface area (Å²) in [5, 5.41) is 14.7. The number of hydrogen-bond donors (Lipinski definition) is 2. The molecule has 17 heavy (non-hydrogen) atoms. The van der Waals surface area contributed by atoms with E-state index in [4.69, 9.17) is 23.2 Å². The van der Waals surface area contributed by atoms with Gasteiger partial charge in [0.1, 0.15) is 0 Å². The van der Waals surface area contributed by atoms with Crippen LogP contribution in [0.15, 0.2) is 18.2 Å². The Bertz CT molecular complexity index is 366. The van der Waals surface area contributed by atoms with Crippen molar-refractivity contribution in [2.75, 3.05) is 13.1 Å². The predicted octanol–water partition coefficient (Wildman–Crippen LogP) is 3.29. The van der Waals surface area contributed by atoms with E-state index in [0.717, 1.165) is 18.7 Å². The Morgan fingerprint density at radius 3 is 2.65 bits per heavy atom. The zero-order valence-corrected chi connectivity index (χ0v) is 11.8. The molecule has 0 spiro atoms. The Kier molecular flexibility index (Phi) is 5.74. The van der Waals surface area contributed by atoms with Gasteiger partial charge in [-0.2, -0.15) is 0 Å². The quantitative estimate of drug-likeness (QED) is 0.781. The normalized spacial score (nSPS) is 14.6. The molecule has 1 unspecified atom stereocenters. The van der Waals surface area contributed by atoms with E-state index >= 15 is 0 Å². The Morgan fingerprint density at radius 1 is 1.35 bits per heavy atom. The summed E-state index contributed by atoms with van der Waals surface area (Å²) in [7, 11) is 0. The molecule has 4 heteroatoms. The first-order valence-corrected chi connectivity index (χ1v) is 6.57. The Balaban J connectivity index is 2.62. The molecule has 0 aliphatic carbocycles. The zero-order valence-electron chi connectivity index (χ0n) is 10.3. The number of hydrogen-bond acceptors (Lipinski definition) is 2. The smallest absolute Gasteiger partial charge is 0.0672 e. The molecular weight excluding hydrogens is 257 g/mol. The molecule has 2 N–H and O–H groups in total. The van der Waals surface area contributed by atoms with Gasteiger partial charge in [0.25, 0.3) is 0 Å². The molecule has 0 saturated heterocycles. The summed E-state index contributed by atoms with van der Waals surface area (Å²) in [5.41, 5.74) is 0.178. The van der Waals surface area contributed by atoms with Gasteiger partial charge in [-0.15, -0.1) is 0 Å². The van der Waals surface area contributed by atoms with E-state index in [-0.39, 0.29) is 0 Å². The van der Waals surface area contributed by atoms with Crippen molar-refractivity contribution in [1.29, 1.82) is 0 Å². The maximum atomic E-state index is 10.3. The van der Waals surface area contributed by atoms with Crippen molar-refractivity contribution in [2.24, 2.45) is 0 Å². The lowest BCUT2D eigenvalue weighted by Gasteiger charge is -2.24. The van der Waals surface area contributed by atoms with E-state index in [0.29, 0.717) is 22.9 Å². The minimum atomic E-state index is -0.750. The van der Waals surface area contributed by atoms with Crippen molar-refractivity contribution in [2.45, 2.75) is 32.3 Å². The fraction of sp³-hybridized carbons (Fsp3) is 0.538. The Hall–Kier alpha value is -0.280. The molecule has 1 rings (SSSR count). The summed E-state index contributed by atoms with van der Waals surface area (Å²) in [6, 6.07) is 5.37. The fourth-order valence-electron chi connectivity index (χ4n) is 1.70. The fourth-order valence-corrected chi connectivity index (χ4v) is 2.17. The average Bonchev–Trinajstić information content (AvgIpc) is 2.22. The van der Waals surface area contributed by atoms with Gasteiger partial charge in [-0.05, 0) is 44.1 Å². The van der Waals surface area contributed by atoms with Crippen LogP contribution < -0.4 is 5.32 Å². The van der Waals surface area contributed by atoms with Crippen LogP contribution in [0.25, 0.3) is 0 Å². The van der Waals surface area contributed by atoms with Gasteiger partial charge in [0.15, 0.2) is 0 Å². The van der Waals surface area contributed by atoms with Gasteiger partial charge >= 0.3 is 0 Å². The molecule has 0 aliphatic heterocycles. The number of halogens is 2. The molecule has 0 heterocycles. The predicted molar refractivity (Wildman–Crippen MR) is 74.0 cm³/mol. The molecule has 0 bridgehead atoms. The lowest BCUT2D eigenvalue weighted by molar-refractivity contribution is 0.0517. The van der Waals surface area contributed by atoms with Crippen molar-refractivity contribution < 1.29 is 5.11 Å². The van der Waals surface area contributed by atoms with Crippen LogP contribution in [0.3, 0.4) is 0 Å². The van der Waals surface area contributed by atoms with Crippen molar-refractivity contribution >= 4 is 23.2 Å². The monoisotopic (exact) mass is 275 g/mol. The number of aliphatic hydroxyl groups is 1. The third kappa shape index (κ3) is 5.26. The summed E-state index contributed by atoms with van der Waals surface area (Å²) < 4.78 is 0. The van der Waals surface area contributed by atoms with Gasteiger partial charge in [0.05, 0.1) is 5.60 Å². The van der Waals surface area contributed by atoms with Crippen LogP contribution in [-0.2, 0) is 6.42 Å². The van der Waals surface area contributed by atoms with E-state index in [1.54, 1.807) is 12.1 Å². The van der Waals surface area contributed by atoms with E-state index < -0.39 is 5.60 Å². The van der Waals surface area contributed by atoms with Crippen LogP contribution in [0.1, 0.15) is 25.8 Å². The van der Waals surface area contributed by atoms with Gasteiger partial charge in [-0.3, -0.25) is 0 Å². The van der Waals surface area contributed by atoms with E-state index in [9.17, 15) is 5.11 Å². The Morgan fingerprint density at radius 2 is 2.06 bits per heavy atom. The minimum Gasteiger partial charge on any atom is -0.390 e. The van der Waals surface area contributed by atoms with Crippen LogP contribution in [0.4, 0.5) is 0 Å². The van der Waals surface area contributed by atoms with Gasteiger partial charge in [0, 0.05) is 16.5 Å². The summed E-state index contributed by atoms with van der Waals surface area (Å²) in [6.07, 6.45) is 1.23. The highest BCUT2D eigenvalue weighted by Gasteiger charge is 2.21. The molecule has 0 aliphatic rings. The standard InChI is InChI=1S/C13H19Cl2NO/c1-3-16-7-6-13(2,17)9-10-4-5-11(14)8-12(10)15/h4-5,8,16-17H,3,6-7,9H2,1-2H3. The molecule has 96 valence electrons. The van der Waals surface area contributed by atoms with Crippen molar-refractivity contribution in [1.82, 2.24) is 5.32 Å². The molecule has 0 saturated carbocycles. The molecule has 1 aromatic rings. The first kappa shape index (κ1) is 14.8. The second kappa shape index (κ2) is 6.60. The largest absolute Gasteiger partial charge is 0.390 e. The molecular formula is C13H19Cl2NO. The summed E-state index contributed by atoms with van der Waals surface area (Å²) in [5.74, 6) is 0. The third-order valence-corrected chi connectivity index (χ3v) is 3.26. The highest BCUT2D eigenvalue weighted by atomic mass is 35.5. The molecule has 0 radical (unpaired) electrons. The molecule has 2 nitrogen and oxygen atoms in total. The van der Waals surface area contributed by atoms with Gasteiger partial charge < -0.3 is 10.4 Å². The second-order valence-corrected chi connectivity index (χ2v) is 5.36. The lowest BCUT2D eigenvalue weighted by atomic mass is 9.93. The van der Waals surface area contributed by atoms with Gasteiger partial charge in [-0.1, -0.05) is 36.2 Å². The molecule has 0 fully saturated rings. The van der Waals surface area contributed by atoms with Crippen LogP contribution >= 0.6 is 23.2 Å². The second-order valence-electron chi connectivity index (χ2n) is 4.51. The van der Waals surface area contributed by atoms with Crippen molar-refractivity contribution in [3.05, 3.63) is 33.8 Å². The lowest BCUT2D eigenvalue weighted by Crippen LogP contribution is -2.32. The maximum absolute atomic E-state index is 10.3. The number of rotatable bonds is 6. The maximum Gasteiger partial charge on any atom is 0.0672 e. The first-order valence-electron chi connectivity index (χ1n) is 5.81. The van der Waals surface area contributed by atoms with Crippen LogP contribution in [0.2, 0.25) is 10.0 Å². The average molecular weight is 276 g/mol. The summed E-state index contributed by atoms with van der Waals surface area (Å²) in [4.78, 5) is 0. The highest BCUT2D eigenvalue weighted by Crippen LogP contribution is 2.25. The van der Waals surface area contributed by atoms with E-state index in [2.05, 4.69) is 5.32 Å². The van der Waals surface area contributed by atoms with Crippen LogP contribution in [0, 0.1) is 0 Å². The van der Waals surface area contributed by atoms with Gasteiger partial charge in [0.2, 0.25) is 0 Å². The topological polar surface area (TPSA) is 32.3 Å². The number of nitrogens with one attached hydrogen (secondary N) is 1. The zero-order chi connectivity index (χ0) is 12.9. The third-order valence-electron chi connectivity index (χ3n) is 2.68. The first-order chi connectivity index (χ1) is 7.94. The van der Waals surface area contributed by atoms with Crippen LogP contribution in [0.5, 0.6) is 0 Å². The van der Waals surface area contributed by atoms with Gasteiger partial charge in [-0.25, -0.2) is 0 Å². The van der Waals surface area contributed by atoms with Crippen molar-refractivity contribution in [3.63, 3.8) is 0 Å². The van der Waals surface area contributed by atoms with E-state index in [1.165, 1.54) is 0 Å². The molecule has 0 amide bonds. The number of benzene rings is 1. The molecule has 1 aromatic carbocycles. The highest BCUT2D eigenvalue weighted by molar-refractivity contribution is 6.35. The van der Waals surface area contributed by atoms with Crippen molar-refractivity contribution in [3.8, 4) is 0 Å². The minimum absolute atomic E-state index is 0.536. The van der Waals surface area contributed by atoms with Crippen LogP contribution in [-0.4, -0.2) is 23.8 Å². The summed E-state index contributed by atoms with van der Waals surface area (Å²) in [6.45, 7) is 5.59. The summed E-state index contributed by atoms with van der Waals surface area (Å²) >= 11 is 11.9. The molecule has 1 atom stereocenters. The molecule has 0 aromatic heterocycles. The van der Waals surface area contributed by atoms with E-state index in [1.807, 2.05) is 19.9 Å². The SMILES string of the molecule is CCNCCC(C)(O)Cc1ccc(Cl)cc1Cl. The Labute approximate surface area is 113 Å².